The Bertz CT molecular complexity index is 580. The Kier molecular flexibility index (Phi) is 4.18. The van der Waals surface area contributed by atoms with E-state index in [9.17, 15) is 4.79 Å². The first-order chi connectivity index (χ1) is 10.7. The van der Waals surface area contributed by atoms with Gasteiger partial charge in [-0.05, 0) is 42.5 Å². The van der Waals surface area contributed by atoms with Gasteiger partial charge in [0.1, 0.15) is 5.75 Å². The number of anilines is 1. The fraction of sp³-hybridized carbons (Fsp3) is 0.500. The Balaban J connectivity index is 1.82. The molecule has 2 aliphatic heterocycles. The highest BCUT2D eigenvalue weighted by Gasteiger charge is 2.26. The topological polar surface area (TPSA) is 66.0 Å². The number of nitrogens with zero attached hydrogens (tertiary/aromatic N) is 2. The van der Waals surface area contributed by atoms with E-state index < -0.39 is 0 Å². The van der Waals surface area contributed by atoms with E-state index in [0.29, 0.717) is 12.0 Å². The molecule has 0 aromatic heterocycles. The van der Waals surface area contributed by atoms with Crippen LogP contribution < -0.4 is 20.3 Å². The van der Waals surface area contributed by atoms with Crippen LogP contribution in [-0.4, -0.2) is 45.7 Å². The maximum atomic E-state index is 11.8. The van der Waals surface area contributed by atoms with Crippen LogP contribution in [0.15, 0.2) is 23.2 Å². The van der Waals surface area contributed by atoms with Crippen LogP contribution in [0.3, 0.4) is 0 Å². The quantitative estimate of drug-likeness (QED) is 0.893. The van der Waals surface area contributed by atoms with E-state index in [0.717, 1.165) is 37.4 Å². The number of fused-ring (bicyclic) bond motifs is 1. The zero-order valence-corrected chi connectivity index (χ0v) is 13.0. The zero-order valence-electron chi connectivity index (χ0n) is 13.0. The van der Waals surface area contributed by atoms with Crippen LogP contribution >= 0.6 is 0 Å². The number of rotatable bonds is 3. The minimum absolute atomic E-state index is 0.126. The predicted molar refractivity (Wildman–Crippen MR) is 87.1 cm³/mol. The van der Waals surface area contributed by atoms with Gasteiger partial charge in [-0.2, -0.15) is 0 Å². The Hall–Kier alpha value is -2.24. The third-order valence-electron chi connectivity index (χ3n) is 4.36. The van der Waals surface area contributed by atoms with Crippen LogP contribution in [-0.2, 0) is 0 Å². The van der Waals surface area contributed by atoms with Crippen LogP contribution in [0, 0.1) is 0 Å². The fourth-order valence-electron chi connectivity index (χ4n) is 3.07. The summed E-state index contributed by atoms with van der Waals surface area (Å²) in [5.41, 5.74) is 2.07. The first kappa shape index (κ1) is 14.7. The Morgan fingerprint density at radius 3 is 3.14 bits per heavy atom. The molecular formula is C16H22N4O2. The van der Waals surface area contributed by atoms with Crippen LogP contribution in [0.2, 0.25) is 0 Å². The van der Waals surface area contributed by atoms with Crippen LogP contribution in [0.5, 0.6) is 5.75 Å². The van der Waals surface area contributed by atoms with Crippen LogP contribution in [0.4, 0.5) is 10.5 Å². The van der Waals surface area contributed by atoms with E-state index in [1.165, 1.54) is 5.56 Å². The first-order valence-corrected chi connectivity index (χ1v) is 7.65. The molecule has 1 aromatic rings. The first-order valence-electron chi connectivity index (χ1n) is 7.65. The SMILES string of the molecule is CNC(=O)N(C)c1ccc2c(c1)C(CC1CN=CN1)CCO2. The van der Waals surface area contributed by atoms with Gasteiger partial charge in [0.05, 0.1) is 19.5 Å². The van der Waals surface area contributed by atoms with Gasteiger partial charge >= 0.3 is 6.03 Å². The molecule has 1 aromatic carbocycles. The van der Waals surface area contributed by atoms with Crippen molar-refractivity contribution >= 4 is 18.1 Å². The number of hydrogen-bond donors (Lipinski definition) is 2. The second-order valence-corrected chi connectivity index (χ2v) is 5.76. The summed E-state index contributed by atoms with van der Waals surface area (Å²) in [6.45, 7) is 1.58. The lowest BCUT2D eigenvalue weighted by molar-refractivity contribution is 0.249. The van der Waals surface area contributed by atoms with Gasteiger partial charge in [-0.3, -0.25) is 9.89 Å². The number of benzene rings is 1. The molecule has 0 fully saturated rings. The number of nitrogens with one attached hydrogen (secondary N) is 2. The minimum atomic E-state index is -0.126. The molecule has 6 heteroatoms. The second-order valence-electron chi connectivity index (χ2n) is 5.76. The van der Waals surface area contributed by atoms with E-state index in [1.807, 2.05) is 12.1 Å². The van der Waals surface area contributed by atoms with E-state index in [2.05, 4.69) is 21.7 Å². The normalized spacial score (nSPS) is 22.5. The molecular weight excluding hydrogens is 280 g/mol. The lowest BCUT2D eigenvalue weighted by Gasteiger charge is -2.29. The highest BCUT2D eigenvalue weighted by molar-refractivity contribution is 5.91. The Labute approximate surface area is 130 Å². The van der Waals surface area contributed by atoms with Gasteiger partial charge in [0.25, 0.3) is 0 Å². The lowest BCUT2D eigenvalue weighted by atomic mass is 9.87. The zero-order chi connectivity index (χ0) is 15.5. The van der Waals surface area contributed by atoms with Crippen molar-refractivity contribution in [2.24, 2.45) is 4.99 Å². The predicted octanol–water partition coefficient (Wildman–Crippen LogP) is 1.72. The summed E-state index contributed by atoms with van der Waals surface area (Å²) in [7, 11) is 3.40. The summed E-state index contributed by atoms with van der Waals surface area (Å²) >= 11 is 0. The molecule has 0 radical (unpaired) electrons. The number of carbonyl (C=O) groups excluding carboxylic acids is 1. The average molecular weight is 302 g/mol. The van der Waals surface area contributed by atoms with Gasteiger partial charge in [0.15, 0.2) is 0 Å². The van der Waals surface area contributed by atoms with Crippen molar-refractivity contribution < 1.29 is 9.53 Å². The molecule has 6 nitrogen and oxygen atoms in total. The molecule has 2 heterocycles. The molecule has 0 saturated heterocycles. The summed E-state index contributed by atoms with van der Waals surface area (Å²) in [4.78, 5) is 17.6. The number of hydrogen-bond acceptors (Lipinski definition) is 4. The molecule has 0 saturated carbocycles. The second kappa shape index (κ2) is 6.25. The third-order valence-corrected chi connectivity index (χ3v) is 4.36. The Morgan fingerprint density at radius 1 is 1.55 bits per heavy atom. The van der Waals surface area contributed by atoms with E-state index in [1.54, 1.807) is 25.3 Å². The van der Waals surface area contributed by atoms with Gasteiger partial charge in [0, 0.05) is 25.8 Å². The van der Waals surface area contributed by atoms with E-state index >= 15 is 0 Å². The maximum absolute atomic E-state index is 11.8. The molecule has 0 bridgehead atoms. The van der Waals surface area contributed by atoms with Crippen molar-refractivity contribution in [1.29, 1.82) is 0 Å². The minimum Gasteiger partial charge on any atom is -0.493 e. The number of aliphatic imine (C=N–C) groups is 1. The molecule has 118 valence electrons. The maximum Gasteiger partial charge on any atom is 0.321 e. The summed E-state index contributed by atoms with van der Waals surface area (Å²) in [5, 5.41) is 5.93. The molecule has 2 aliphatic rings. The van der Waals surface area contributed by atoms with Gasteiger partial charge < -0.3 is 15.4 Å². The van der Waals surface area contributed by atoms with Crippen molar-refractivity contribution in [3.8, 4) is 5.75 Å². The smallest absolute Gasteiger partial charge is 0.321 e. The van der Waals surface area contributed by atoms with Crippen molar-refractivity contribution in [2.75, 3.05) is 32.1 Å². The van der Waals surface area contributed by atoms with Crippen molar-refractivity contribution in [2.45, 2.75) is 24.8 Å². The van der Waals surface area contributed by atoms with Crippen LogP contribution in [0.1, 0.15) is 24.3 Å². The lowest BCUT2D eigenvalue weighted by Crippen LogP contribution is -2.35. The molecule has 22 heavy (non-hydrogen) atoms. The van der Waals surface area contributed by atoms with Gasteiger partial charge in [-0.1, -0.05) is 0 Å². The number of carbonyl (C=O) groups is 1. The summed E-state index contributed by atoms with van der Waals surface area (Å²) in [6, 6.07) is 6.24. The molecule has 0 spiro atoms. The molecule has 3 rings (SSSR count). The van der Waals surface area contributed by atoms with E-state index in [-0.39, 0.29) is 6.03 Å². The van der Waals surface area contributed by atoms with Crippen molar-refractivity contribution in [1.82, 2.24) is 10.6 Å². The fourth-order valence-corrected chi connectivity index (χ4v) is 3.07. The standard InChI is InChI=1S/C16H22N4O2/c1-17-16(21)20(2)13-3-4-15-14(8-13)11(5-6-22-15)7-12-9-18-10-19-12/h3-4,8,10-12H,5-7,9H2,1-2H3,(H,17,21)(H,18,19). The van der Waals surface area contributed by atoms with Gasteiger partial charge in [-0.15, -0.1) is 0 Å². The van der Waals surface area contributed by atoms with Gasteiger partial charge in [-0.25, -0.2) is 4.79 Å². The average Bonchev–Trinajstić information content (AvgIpc) is 3.06. The highest BCUT2D eigenvalue weighted by atomic mass is 16.5. The summed E-state index contributed by atoms with van der Waals surface area (Å²) in [5.74, 6) is 1.37. The molecule has 0 aliphatic carbocycles. The van der Waals surface area contributed by atoms with Crippen molar-refractivity contribution in [3.63, 3.8) is 0 Å². The number of ether oxygens (including phenoxy) is 1. The molecule has 2 unspecified atom stereocenters. The molecule has 2 N–H and O–H groups in total. The monoisotopic (exact) mass is 302 g/mol. The van der Waals surface area contributed by atoms with Crippen LogP contribution in [0.25, 0.3) is 0 Å². The Morgan fingerprint density at radius 2 is 2.41 bits per heavy atom. The third kappa shape index (κ3) is 2.86. The highest BCUT2D eigenvalue weighted by Crippen LogP contribution is 2.38. The number of amides is 2. The summed E-state index contributed by atoms with van der Waals surface area (Å²) in [6.07, 6.45) is 3.82. The largest absolute Gasteiger partial charge is 0.493 e. The number of urea groups is 1. The van der Waals surface area contributed by atoms with E-state index in [4.69, 9.17) is 4.74 Å². The van der Waals surface area contributed by atoms with Gasteiger partial charge in [0.2, 0.25) is 0 Å². The summed E-state index contributed by atoms with van der Waals surface area (Å²) < 4.78 is 5.77. The van der Waals surface area contributed by atoms with Crippen molar-refractivity contribution in [3.05, 3.63) is 23.8 Å². The molecule has 2 atom stereocenters. The molecule has 2 amide bonds.